The normalized spacial score (nSPS) is 17.8. The number of carbonyl (C=O) groups is 1. The van der Waals surface area contributed by atoms with Gasteiger partial charge in [0, 0.05) is 32.7 Å². The maximum Gasteiger partial charge on any atom is 0.289 e. The van der Waals surface area contributed by atoms with Gasteiger partial charge >= 0.3 is 0 Å². The minimum Gasteiger partial charge on any atom is -0.440 e. The summed E-state index contributed by atoms with van der Waals surface area (Å²) in [5, 5.41) is 10.00. The summed E-state index contributed by atoms with van der Waals surface area (Å²) in [6, 6.07) is 3.16. The summed E-state index contributed by atoms with van der Waals surface area (Å²) in [4.78, 5) is 16.0. The van der Waals surface area contributed by atoms with E-state index in [2.05, 4.69) is 4.90 Å². The number of carbonyl (C=O) groups excluding carboxylic acids is 1. The molecule has 0 unspecified atom stereocenters. The van der Waals surface area contributed by atoms with Crippen LogP contribution in [0, 0.1) is 0 Å². The van der Waals surface area contributed by atoms with Crippen LogP contribution in [0.15, 0.2) is 16.5 Å². The third kappa shape index (κ3) is 3.96. The van der Waals surface area contributed by atoms with Gasteiger partial charge in [-0.1, -0.05) is 0 Å². The number of rotatable bonds is 3. The number of nitrogens with zero attached hydrogens (tertiary/aromatic N) is 2. The second-order valence-corrected chi connectivity index (χ2v) is 5.86. The fourth-order valence-corrected chi connectivity index (χ4v) is 2.39. The van der Waals surface area contributed by atoms with E-state index in [-0.39, 0.29) is 16.9 Å². The molecule has 0 aliphatic carbocycles. The molecule has 5 nitrogen and oxygen atoms in total. The number of aliphatic hydroxyl groups is 1. The lowest BCUT2D eigenvalue weighted by atomic mass is 10.1. The van der Waals surface area contributed by atoms with Crippen molar-refractivity contribution in [2.24, 2.45) is 0 Å². The van der Waals surface area contributed by atoms with Gasteiger partial charge in [-0.2, -0.15) is 0 Å². The van der Waals surface area contributed by atoms with Crippen LogP contribution in [0.4, 0.5) is 0 Å². The summed E-state index contributed by atoms with van der Waals surface area (Å²) in [5.74, 6) is 0.149. The molecule has 1 saturated heterocycles. The molecule has 0 radical (unpaired) electrons. The molecule has 0 aromatic carbocycles. The van der Waals surface area contributed by atoms with Gasteiger partial charge in [0.1, 0.15) is 0 Å². The quantitative estimate of drug-likeness (QED) is 0.914. The Bertz CT molecular complexity index is 445. The van der Waals surface area contributed by atoms with E-state index in [4.69, 9.17) is 16.0 Å². The van der Waals surface area contributed by atoms with Gasteiger partial charge in [0.2, 0.25) is 0 Å². The van der Waals surface area contributed by atoms with Crippen molar-refractivity contribution < 1.29 is 14.3 Å². The first kappa shape index (κ1) is 14.4. The molecule has 0 spiro atoms. The Morgan fingerprint density at radius 2 is 2.00 bits per heavy atom. The highest BCUT2D eigenvalue weighted by Crippen LogP contribution is 2.16. The molecule has 1 aromatic heterocycles. The van der Waals surface area contributed by atoms with Gasteiger partial charge in [-0.3, -0.25) is 9.69 Å². The summed E-state index contributed by atoms with van der Waals surface area (Å²) in [6.07, 6.45) is 0. The van der Waals surface area contributed by atoms with Crippen molar-refractivity contribution in [3.8, 4) is 0 Å². The van der Waals surface area contributed by atoms with Crippen molar-refractivity contribution in [2.45, 2.75) is 19.4 Å². The first-order chi connectivity index (χ1) is 8.85. The minimum atomic E-state index is -0.708. The second kappa shape index (κ2) is 5.53. The highest BCUT2D eigenvalue weighted by Gasteiger charge is 2.26. The Morgan fingerprint density at radius 1 is 1.37 bits per heavy atom. The van der Waals surface area contributed by atoms with Crippen LogP contribution in [-0.4, -0.2) is 59.1 Å². The van der Waals surface area contributed by atoms with Gasteiger partial charge in [0.15, 0.2) is 11.0 Å². The average molecular weight is 287 g/mol. The molecule has 106 valence electrons. The Kier molecular flexibility index (Phi) is 4.18. The molecule has 1 amide bonds. The SMILES string of the molecule is CC(C)(O)CN1CCN(C(=O)c2ccc(Cl)o2)CC1. The van der Waals surface area contributed by atoms with Crippen LogP contribution >= 0.6 is 11.6 Å². The lowest BCUT2D eigenvalue weighted by Crippen LogP contribution is -2.51. The van der Waals surface area contributed by atoms with Crippen molar-refractivity contribution in [2.75, 3.05) is 32.7 Å². The smallest absolute Gasteiger partial charge is 0.289 e. The maximum absolute atomic E-state index is 12.1. The van der Waals surface area contributed by atoms with E-state index in [0.717, 1.165) is 13.1 Å². The van der Waals surface area contributed by atoms with E-state index >= 15 is 0 Å². The zero-order chi connectivity index (χ0) is 14.0. The van der Waals surface area contributed by atoms with Gasteiger partial charge in [-0.05, 0) is 37.6 Å². The van der Waals surface area contributed by atoms with Crippen LogP contribution in [0.2, 0.25) is 5.22 Å². The number of halogens is 1. The molecule has 2 rings (SSSR count). The topological polar surface area (TPSA) is 56.9 Å². The van der Waals surface area contributed by atoms with Crippen molar-refractivity contribution in [1.29, 1.82) is 0 Å². The van der Waals surface area contributed by atoms with Gasteiger partial charge in [0.05, 0.1) is 5.60 Å². The van der Waals surface area contributed by atoms with Crippen LogP contribution < -0.4 is 0 Å². The van der Waals surface area contributed by atoms with E-state index in [9.17, 15) is 9.90 Å². The first-order valence-electron chi connectivity index (χ1n) is 6.34. The molecule has 1 fully saturated rings. The molecule has 1 aromatic rings. The summed E-state index contributed by atoms with van der Waals surface area (Å²) in [7, 11) is 0. The van der Waals surface area contributed by atoms with Gasteiger partial charge in [-0.15, -0.1) is 0 Å². The predicted molar refractivity (Wildman–Crippen MR) is 72.4 cm³/mol. The van der Waals surface area contributed by atoms with Crippen molar-refractivity contribution in [3.63, 3.8) is 0 Å². The van der Waals surface area contributed by atoms with E-state index in [1.54, 1.807) is 30.9 Å². The van der Waals surface area contributed by atoms with E-state index in [1.165, 1.54) is 0 Å². The molecule has 2 heterocycles. The van der Waals surface area contributed by atoms with E-state index < -0.39 is 5.60 Å². The zero-order valence-corrected chi connectivity index (χ0v) is 12.0. The maximum atomic E-state index is 12.1. The number of hydrogen-bond acceptors (Lipinski definition) is 4. The third-order valence-electron chi connectivity index (χ3n) is 3.05. The molecule has 1 aliphatic rings. The van der Waals surface area contributed by atoms with Crippen molar-refractivity contribution in [1.82, 2.24) is 9.80 Å². The van der Waals surface area contributed by atoms with Crippen LogP contribution in [0.3, 0.4) is 0 Å². The molecule has 19 heavy (non-hydrogen) atoms. The summed E-state index contributed by atoms with van der Waals surface area (Å²) < 4.78 is 5.13. The summed E-state index contributed by atoms with van der Waals surface area (Å²) >= 11 is 5.67. The van der Waals surface area contributed by atoms with Crippen molar-refractivity contribution in [3.05, 3.63) is 23.1 Å². The van der Waals surface area contributed by atoms with E-state index in [1.807, 2.05) is 0 Å². The average Bonchev–Trinajstić information content (AvgIpc) is 2.74. The Morgan fingerprint density at radius 3 is 2.47 bits per heavy atom. The number of furan rings is 1. The monoisotopic (exact) mass is 286 g/mol. The Labute approximate surface area is 117 Å². The third-order valence-corrected chi connectivity index (χ3v) is 3.26. The Hall–Kier alpha value is -1.04. The van der Waals surface area contributed by atoms with E-state index in [0.29, 0.717) is 19.6 Å². The largest absolute Gasteiger partial charge is 0.440 e. The molecule has 0 bridgehead atoms. The molecular formula is C13H19ClN2O3. The molecular weight excluding hydrogens is 268 g/mol. The molecule has 1 aliphatic heterocycles. The zero-order valence-electron chi connectivity index (χ0n) is 11.2. The minimum absolute atomic E-state index is 0.130. The Balaban J connectivity index is 1.88. The number of piperazine rings is 1. The lowest BCUT2D eigenvalue weighted by Gasteiger charge is -2.36. The highest BCUT2D eigenvalue weighted by atomic mass is 35.5. The molecule has 6 heteroatoms. The first-order valence-corrected chi connectivity index (χ1v) is 6.72. The van der Waals surface area contributed by atoms with Gasteiger partial charge in [0.25, 0.3) is 5.91 Å². The van der Waals surface area contributed by atoms with Gasteiger partial charge in [-0.25, -0.2) is 0 Å². The van der Waals surface area contributed by atoms with Crippen molar-refractivity contribution >= 4 is 17.5 Å². The molecule has 0 saturated carbocycles. The molecule has 1 N–H and O–H groups in total. The number of hydrogen-bond donors (Lipinski definition) is 1. The molecule has 0 atom stereocenters. The summed E-state index contributed by atoms with van der Waals surface area (Å²) in [5.41, 5.74) is -0.708. The second-order valence-electron chi connectivity index (χ2n) is 5.48. The van der Waals surface area contributed by atoms with Crippen LogP contribution in [-0.2, 0) is 0 Å². The fourth-order valence-electron chi connectivity index (χ4n) is 2.24. The number of amides is 1. The fraction of sp³-hybridized carbons (Fsp3) is 0.615. The lowest BCUT2D eigenvalue weighted by molar-refractivity contribution is 0.0172. The number of β-amino-alcohol motifs (C(OH)–C–C–N with tert-alkyl or cyclic N) is 1. The standard InChI is InChI=1S/C13H19ClN2O3/c1-13(2,18)9-15-5-7-16(8-6-15)12(17)10-3-4-11(14)19-10/h3-4,18H,5-9H2,1-2H3. The highest BCUT2D eigenvalue weighted by molar-refractivity contribution is 6.29. The summed E-state index contributed by atoms with van der Waals surface area (Å²) in [6.45, 7) is 6.96. The van der Waals surface area contributed by atoms with Crippen LogP contribution in [0.1, 0.15) is 24.4 Å². The van der Waals surface area contributed by atoms with Crippen LogP contribution in [0.25, 0.3) is 0 Å². The van der Waals surface area contributed by atoms with Crippen LogP contribution in [0.5, 0.6) is 0 Å². The van der Waals surface area contributed by atoms with Gasteiger partial charge < -0.3 is 14.4 Å². The predicted octanol–water partition coefficient (Wildman–Crippen LogP) is 1.46.